The predicted molar refractivity (Wildman–Crippen MR) is 217 cm³/mol. The van der Waals surface area contributed by atoms with Crippen molar-refractivity contribution in [3.63, 3.8) is 0 Å². The van der Waals surface area contributed by atoms with Crippen LogP contribution in [0, 0.1) is 21.6 Å². The summed E-state index contributed by atoms with van der Waals surface area (Å²) in [7, 11) is 4.26. The van der Waals surface area contributed by atoms with Crippen molar-refractivity contribution < 1.29 is 67.9 Å². The summed E-state index contributed by atoms with van der Waals surface area (Å²) in [6.45, 7) is 10.1. The lowest BCUT2D eigenvalue weighted by Crippen LogP contribution is -2.65. The van der Waals surface area contributed by atoms with E-state index in [1.165, 1.54) is 26.1 Å². The molecule has 19 atom stereocenters. The Morgan fingerprint density at radius 3 is 2.20 bits per heavy atom. The number of methoxy groups -OCH3 is 1. The van der Waals surface area contributed by atoms with Crippen molar-refractivity contribution in [1.29, 1.82) is 0 Å². The van der Waals surface area contributed by atoms with Crippen molar-refractivity contribution in [3.05, 3.63) is 34.1 Å². The molecule has 3 saturated heterocycles. The molecule has 0 unspecified atom stereocenters. The van der Waals surface area contributed by atoms with Crippen LogP contribution in [0.25, 0.3) is 0 Å². The van der Waals surface area contributed by atoms with Crippen LogP contribution in [0.15, 0.2) is 34.9 Å². The van der Waals surface area contributed by atoms with Crippen LogP contribution < -0.4 is 0 Å². The van der Waals surface area contributed by atoms with Gasteiger partial charge in [0.1, 0.15) is 42.8 Å². The van der Waals surface area contributed by atoms with E-state index in [2.05, 4.69) is 10.6 Å². The molecule has 0 aromatic carbocycles. The Bertz CT molecular complexity index is 1470. The SMILES string of the molecule is CO[C@@H]1[C@@H](O[C@@H]2O[C@H](C)[C@@H](O[C@H]3C[C@@](C)(O)[C@@H](O)[C@H](C)O3)[C@H](N(C)N=O)[C@H]2O)[C@@H](CC=O)C[C@@H](C)[C@@H](O[C@H]2CC[C@H](N(C)N=O)[C@@H](C)O2)/C=C/C=C/C[C@@H](C)OC(=O)C[C@H]1O. The summed E-state index contributed by atoms with van der Waals surface area (Å²) < 4.78 is 49.1. The molecule has 0 spiro atoms. The molecular weight excluding hydrogens is 804 g/mol. The van der Waals surface area contributed by atoms with Gasteiger partial charge >= 0.3 is 5.97 Å². The molecule has 0 aromatic heterocycles. The predicted octanol–water partition coefficient (Wildman–Crippen LogP) is 2.43. The minimum atomic E-state index is -1.65. The normalized spacial score (nSPS) is 44.2. The quantitative estimate of drug-likeness (QED) is 0.0897. The number of esters is 1. The van der Waals surface area contributed by atoms with Crippen LogP contribution in [-0.4, -0.2) is 168 Å². The lowest BCUT2D eigenvalue weighted by molar-refractivity contribution is -0.345. The number of ether oxygens (including phenoxy) is 8. The first-order valence-corrected chi connectivity index (χ1v) is 21.2. The highest BCUT2D eigenvalue weighted by Crippen LogP contribution is 2.37. The third-order valence-electron chi connectivity index (χ3n) is 12.3. The molecule has 3 fully saturated rings. The van der Waals surface area contributed by atoms with Gasteiger partial charge in [-0.05, 0) is 59.3 Å². The molecule has 0 amide bonds. The first-order chi connectivity index (χ1) is 28.8. The number of allylic oxidation sites excluding steroid dienone is 2. The number of carbonyl (C=O) groups is 2. The van der Waals surface area contributed by atoms with Gasteiger partial charge in [0.25, 0.3) is 0 Å². The first-order valence-electron chi connectivity index (χ1n) is 21.2. The Kier molecular flexibility index (Phi) is 19.1. The minimum absolute atomic E-state index is 0.116. The average molecular weight is 873 g/mol. The second-order valence-corrected chi connectivity index (χ2v) is 17.2. The molecule has 4 aliphatic rings. The molecule has 20 nitrogen and oxygen atoms in total. The first kappa shape index (κ1) is 50.6. The highest BCUT2D eigenvalue weighted by Gasteiger charge is 2.52. The molecule has 0 bridgehead atoms. The van der Waals surface area contributed by atoms with E-state index in [9.17, 15) is 39.8 Å². The standard InChI is InChI=1S/C41H68N4O16/c1-22-19-27(17-18-46)37(61-40-35(49)34(45(8)43-53)36(25(4)58-40)60-33-21-41(6,51)39(50)26(5)57-33)38(54-9)29(47)20-31(48)55-23(2)13-11-10-12-14-30(22)59-32-16-15-28(24(3)56-32)44(7)42-52/h10-12,14,18,22-30,32-40,47,49-51H,13,15-17,19-21H2,1-9H3/b11-10+,14-12+/t22-,23-,24-,25-,26+,27+,28+,29-,30+,32+,33+,34-,35-,36-,37+,38+,39+,40+,41-/m1/s1. The van der Waals surface area contributed by atoms with Crippen molar-refractivity contribution in [1.82, 2.24) is 10.0 Å². The molecule has 348 valence electrons. The van der Waals surface area contributed by atoms with Crippen LogP contribution in [0.3, 0.4) is 0 Å². The zero-order valence-electron chi connectivity index (χ0n) is 36.7. The molecule has 0 aliphatic carbocycles. The second kappa shape index (κ2) is 23.1. The number of rotatable bonds is 13. The van der Waals surface area contributed by atoms with Crippen molar-refractivity contribution >= 4 is 12.3 Å². The van der Waals surface area contributed by atoms with Crippen LogP contribution in [0.2, 0.25) is 0 Å². The summed E-state index contributed by atoms with van der Waals surface area (Å²) >= 11 is 0. The number of aliphatic hydroxyl groups is 4. The third-order valence-corrected chi connectivity index (χ3v) is 12.3. The topological polar surface area (TPSA) is 254 Å². The number of cyclic esters (lactones) is 1. The van der Waals surface area contributed by atoms with Gasteiger partial charge < -0.3 is 63.1 Å². The Morgan fingerprint density at radius 1 is 0.885 bits per heavy atom. The number of aldehydes is 1. The van der Waals surface area contributed by atoms with Gasteiger partial charge in [-0.3, -0.25) is 14.8 Å². The molecule has 0 saturated carbocycles. The van der Waals surface area contributed by atoms with Crippen LogP contribution in [0.4, 0.5) is 0 Å². The van der Waals surface area contributed by atoms with Gasteiger partial charge in [-0.25, -0.2) is 0 Å². The Morgan fingerprint density at radius 2 is 1.57 bits per heavy atom. The minimum Gasteiger partial charge on any atom is -0.462 e. The number of nitroso groups, excluding NO2 is 2. The summed E-state index contributed by atoms with van der Waals surface area (Å²) in [6.07, 6.45) is -5.46. The summed E-state index contributed by atoms with van der Waals surface area (Å²) in [4.78, 5) is 48.9. The molecule has 0 aromatic rings. The summed E-state index contributed by atoms with van der Waals surface area (Å²) in [5, 5.41) is 53.3. The van der Waals surface area contributed by atoms with Gasteiger partial charge in [-0.1, -0.05) is 31.2 Å². The largest absolute Gasteiger partial charge is 0.462 e. The maximum Gasteiger partial charge on any atom is 0.308 e. The van der Waals surface area contributed by atoms with E-state index < -0.39 is 110 Å². The Labute approximate surface area is 357 Å². The molecule has 0 radical (unpaired) electrons. The number of aliphatic hydroxyl groups excluding tert-OH is 3. The van der Waals surface area contributed by atoms with Crippen LogP contribution in [0.1, 0.15) is 86.5 Å². The molecule has 4 rings (SSSR count). The highest BCUT2D eigenvalue weighted by molar-refractivity contribution is 5.70. The van der Waals surface area contributed by atoms with E-state index in [-0.39, 0.29) is 37.3 Å². The lowest BCUT2D eigenvalue weighted by atomic mass is 9.82. The average Bonchev–Trinajstić information content (AvgIpc) is 3.19. The smallest absolute Gasteiger partial charge is 0.308 e. The maximum atomic E-state index is 13.1. The number of nitrogens with zero attached hydrogens (tertiary/aromatic N) is 4. The maximum absolute atomic E-state index is 13.1. The van der Waals surface area contributed by atoms with Crippen molar-refractivity contribution in [2.45, 2.75) is 190 Å². The fourth-order valence-electron chi connectivity index (χ4n) is 8.86. The molecule has 61 heavy (non-hydrogen) atoms. The van der Waals surface area contributed by atoms with Gasteiger partial charge in [0, 0.05) is 46.9 Å². The number of carbonyl (C=O) groups excluding carboxylic acids is 2. The number of hydrogen-bond acceptors (Lipinski definition) is 18. The van der Waals surface area contributed by atoms with Crippen LogP contribution >= 0.6 is 0 Å². The summed E-state index contributed by atoms with van der Waals surface area (Å²) in [5.74, 6) is -1.79. The van der Waals surface area contributed by atoms with E-state index in [1.54, 1.807) is 27.8 Å². The van der Waals surface area contributed by atoms with Crippen LogP contribution in [-0.2, 0) is 47.5 Å². The van der Waals surface area contributed by atoms with Crippen molar-refractivity contribution in [2.75, 3.05) is 21.2 Å². The molecule has 4 N–H and O–H groups in total. The van der Waals surface area contributed by atoms with Gasteiger partial charge in [0.15, 0.2) is 18.9 Å². The van der Waals surface area contributed by atoms with E-state index in [4.69, 9.17) is 37.9 Å². The summed E-state index contributed by atoms with van der Waals surface area (Å²) in [5.41, 5.74) is -1.57. The van der Waals surface area contributed by atoms with Crippen molar-refractivity contribution in [3.8, 4) is 0 Å². The number of likely N-dealkylation sites (N-methyl/N-ethyl adjacent to an activating group) is 2. The van der Waals surface area contributed by atoms with E-state index in [1.807, 2.05) is 38.2 Å². The lowest BCUT2D eigenvalue weighted by Gasteiger charge is -2.49. The molecule has 4 aliphatic heterocycles. The molecular formula is C41H68N4O16. The highest BCUT2D eigenvalue weighted by atomic mass is 16.7. The fourth-order valence-corrected chi connectivity index (χ4v) is 8.86. The Hall–Kier alpha value is -3.02. The monoisotopic (exact) mass is 872 g/mol. The second-order valence-electron chi connectivity index (χ2n) is 17.2. The van der Waals surface area contributed by atoms with E-state index in [0.717, 1.165) is 5.01 Å². The zero-order chi connectivity index (χ0) is 45.2. The molecule has 20 heteroatoms. The Balaban J connectivity index is 1.68. The van der Waals surface area contributed by atoms with Gasteiger partial charge in [0.05, 0.1) is 65.3 Å². The van der Waals surface area contributed by atoms with Crippen molar-refractivity contribution in [2.24, 2.45) is 22.4 Å². The fraction of sp³-hybridized carbons (Fsp3) is 0.854. The summed E-state index contributed by atoms with van der Waals surface area (Å²) in [6, 6.07) is -1.44. The van der Waals surface area contributed by atoms with Gasteiger partial charge in [-0.15, -0.1) is 9.81 Å². The third kappa shape index (κ3) is 13.3. The molecule has 4 heterocycles. The zero-order valence-corrected chi connectivity index (χ0v) is 36.7. The van der Waals surface area contributed by atoms with E-state index in [0.29, 0.717) is 25.5 Å². The van der Waals surface area contributed by atoms with Gasteiger partial charge in [0.2, 0.25) is 0 Å². The van der Waals surface area contributed by atoms with Gasteiger partial charge in [-0.2, -0.15) is 0 Å². The van der Waals surface area contributed by atoms with E-state index >= 15 is 0 Å². The number of hydrogen-bond donors (Lipinski definition) is 4. The van der Waals surface area contributed by atoms with Crippen LogP contribution in [0.5, 0.6) is 0 Å².